The Kier molecular flexibility index (Phi) is 8.46. The third kappa shape index (κ3) is 6.23. The molecule has 0 amide bonds. The summed E-state index contributed by atoms with van der Waals surface area (Å²) in [5, 5.41) is 32.3. The van der Waals surface area contributed by atoms with E-state index in [1.54, 1.807) is 12.1 Å². The third-order valence-corrected chi connectivity index (χ3v) is 6.95. The van der Waals surface area contributed by atoms with Crippen LogP contribution in [-0.2, 0) is 6.42 Å². The second-order valence-corrected chi connectivity index (χ2v) is 10.4. The lowest BCUT2D eigenvalue weighted by Gasteiger charge is -2.35. The first-order valence-electron chi connectivity index (χ1n) is 11.2. The van der Waals surface area contributed by atoms with Crippen molar-refractivity contribution in [2.24, 2.45) is 5.41 Å². The van der Waals surface area contributed by atoms with E-state index in [-0.39, 0.29) is 18.0 Å². The number of benzene rings is 3. The number of nitriles is 3. The van der Waals surface area contributed by atoms with Crippen molar-refractivity contribution in [3.63, 3.8) is 0 Å². The van der Waals surface area contributed by atoms with E-state index in [0.29, 0.717) is 11.1 Å². The Bertz CT molecular complexity index is 1240. The lowest BCUT2D eigenvalue weighted by molar-refractivity contribution is 0.281. The highest BCUT2D eigenvalue weighted by Gasteiger charge is 2.34. The van der Waals surface area contributed by atoms with Crippen LogP contribution in [0.1, 0.15) is 60.5 Å². The van der Waals surface area contributed by atoms with Gasteiger partial charge in [0.15, 0.2) is 0 Å². The number of nitrogens with zero attached hydrogens (tertiary/aromatic N) is 3. The Morgan fingerprint density at radius 3 is 2.09 bits per heavy atom. The zero-order chi connectivity index (χ0) is 24.7. The molecule has 3 rings (SSSR count). The van der Waals surface area contributed by atoms with Gasteiger partial charge in [-0.1, -0.05) is 36.4 Å². The fourth-order valence-corrected chi connectivity index (χ4v) is 4.57. The normalized spacial score (nSPS) is 13.7. The Labute approximate surface area is 216 Å². The number of nitrogens with one attached hydrogen (secondary N) is 1. The van der Waals surface area contributed by atoms with E-state index in [2.05, 4.69) is 83.4 Å². The monoisotopic (exact) mass is 558 g/mol. The fraction of sp³-hybridized carbons (Fsp3) is 0.276. The summed E-state index contributed by atoms with van der Waals surface area (Å²) in [5.74, 6) is 0.0868. The fourth-order valence-electron chi connectivity index (χ4n) is 4.21. The predicted octanol–water partition coefficient (Wildman–Crippen LogP) is 6.63. The summed E-state index contributed by atoms with van der Waals surface area (Å²) < 4.78 is 1.19. The molecule has 0 aliphatic carbocycles. The molecule has 3 atom stereocenters. The molecule has 3 aromatic rings. The molecule has 0 aromatic heterocycles. The van der Waals surface area contributed by atoms with Gasteiger partial charge in [-0.25, -0.2) is 0 Å². The molecule has 0 saturated carbocycles. The van der Waals surface area contributed by atoms with Crippen LogP contribution in [0.4, 0.5) is 0 Å². The van der Waals surface area contributed by atoms with Crippen LogP contribution in [0.5, 0.6) is 0 Å². The summed E-state index contributed by atoms with van der Waals surface area (Å²) in [5.41, 5.74) is 3.83. The molecule has 0 aliphatic rings. The van der Waals surface area contributed by atoms with Gasteiger partial charge in [0.05, 0.1) is 40.8 Å². The summed E-state index contributed by atoms with van der Waals surface area (Å²) in [7, 11) is 0. The van der Waals surface area contributed by atoms with E-state index in [9.17, 15) is 15.8 Å². The lowest BCUT2D eigenvalue weighted by Crippen LogP contribution is -2.42. The van der Waals surface area contributed by atoms with E-state index in [1.165, 1.54) is 9.13 Å². The Morgan fingerprint density at radius 2 is 1.50 bits per heavy atom. The van der Waals surface area contributed by atoms with Crippen LogP contribution < -0.4 is 5.32 Å². The van der Waals surface area contributed by atoms with Crippen LogP contribution in [0.25, 0.3) is 0 Å². The van der Waals surface area contributed by atoms with Crippen molar-refractivity contribution in [1.29, 1.82) is 15.8 Å². The van der Waals surface area contributed by atoms with E-state index < -0.39 is 5.41 Å². The van der Waals surface area contributed by atoms with Gasteiger partial charge in [-0.2, -0.15) is 15.8 Å². The molecule has 4 nitrogen and oxygen atoms in total. The molecule has 0 radical (unpaired) electrons. The van der Waals surface area contributed by atoms with Crippen LogP contribution >= 0.6 is 22.6 Å². The lowest BCUT2D eigenvalue weighted by atomic mass is 9.79. The molecule has 3 aromatic carbocycles. The molecule has 5 heteroatoms. The van der Waals surface area contributed by atoms with Crippen LogP contribution in [-0.4, -0.2) is 6.04 Å². The molecule has 0 aliphatic heterocycles. The quantitative estimate of drug-likeness (QED) is 0.315. The van der Waals surface area contributed by atoms with Crippen molar-refractivity contribution in [3.8, 4) is 18.2 Å². The Hall–Kier alpha value is -3.18. The third-order valence-electron chi connectivity index (χ3n) is 6.23. The maximum absolute atomic E-state index is 9.95. The maximum Gasteiger partial charge on any atom is 0.0991 e. The van der Waals surface area contributed by atoms with Gasteiger partial charge in [-0.3, -0.25) is 0 Å². The van der Waals surface area contributed by atoms with Crippen molar-refractivity contribution in [1.82, 2.24) is 5.32 Å². The molecule has 1 unspecified atom stereocenters. The second-order valence-electron chi connectivity index (χ2n) is 9.13. The average Bonchev–Trinajstić information content (AvgIpc) is 2.86. The molecule has 0 heterocycles. The molecule has 0 saturated heterocycles. The number of halogens is 1. The molecular formula is C29H27IN4. The van der Waals surface area contributed by atoms with Gasteiger partial charge in [-0.15, -0.1) is 0 Å². The second kappa shape index (κ2) is 11.3. The summed E-state index contributed by atoms with van der Waals surface area (Å²) >= 11 is 2.31. The van der Waals surface area contributed by atoms with Crippen LogP contribution in [0.3, 0.4) is 0 Å². The van der Waals surface area contributed by atoms with Crippen LogP contribution in [0.15, 0.2) is 72.8 Å². The molecule has 170 valence electrons. The molecule has 0 fully saturated rings. The van der Waals surface area contributed by atoms with E-state index in [4.69, 9.17) is 0 Å². The van der Waals surface area contributed by atoms with Crippen molar-refractivity contribution < 1.29 is 0 Å². The van der Waals surface area contributed by atoms with Gasteiger partial charge in [0, 0.05) is 15.5 Å². The van der Waals surface area contributed by atoms with Gasteiger partial charge in [0.2, 0.25) is 0 Å². The van der Waals surface area contributed by atoms with E-state index in [1.807, 2.05) is 44.2 Å². The van der Waals surface area contributed by atoms with Gasteiger partial charge >= 0.3 is 0 Å². The molecule has 1 N–H and O–H groups in total. The average molecular weight is 558 g/mol. The molecule has 0 bridgehead atoms. The van der Waals surface area contributed by atoms with Crippen molar-refractivity contribution >= 4 is 22.6 Å². The van der Waals surface area contributed by atoms with Gasteiger partial charge < -0.3 is 5.32 Å². The summed E-state index contributed by atoms with van der Waals surface area (Å²) in [6.45, 7) is 6.00. The zero-order valence-corrected chi connectivity index (χ0v) is 21.7. The van der Waals surface area contributed by atoms with Crippen LogP contribution in [0.2, 0.25) is 0 Å². The first-order valence-corrected chi connectivity index (χ1v) is 12.3. The summed E-state index contributed by atoms with van der Waals surface area (Å²) in [6.07, 6.45) is 0.799. The minimum absolute atomic E-state index is 0.00138. The highest BCUT2D eigenvalue weighted by molar-refractivity contribution is 14.1. The Balaban J connectivity index is 1.99. The number of hydrogen-bond donors (Lipinski definition) is 1. The van der Waals surface area contributed by atoms with Gasteiger partial charge in [0.25, 0.3) is 0 Å². The summed E-state index contributed by atoms with van der Waals surface area (Å²) in [4.78, 5) is 0. The zero-order valence-electron chi connectivity index (χ0n) is 19.6. The number of hydrogen-bond acceptors (Lipinski definition) is 4. The van der Waals surface area contributed by atoms with Crippen molar-refractivity contribution in [3.05, 3.63) is 104 Å². The molecule has 0 spiro atoms. The van der Waals surface area contributed by atoms with Crippen molar-refractivity contribution in [2.45, 2.75) is 45.2 Å². The molecular weight excluding hydrogens is 531 g/mol. The maximum atomic E-state index is 9.95. The first-order chi connectivity index (χ1) is 16.3. The highest BCUT2D eigenvalue weighted by atomic mass is 127. The number of rotatable bonds is 8. The van der Waals surface area contributed by atoms with Gasteiger partial charge in [-0.05, 0) is 103 Å². The minimum Gasteiger partial charge on any atom is -0.305 e. The SMILES string of the molecule is C[C@H](NC(c1ccc(C#N)cc1)C(C)(C)C#N)[C@@H](Cc1ccc(I)cc1)c1cccc(C#N)c1. The Morgan fingerprint density at radius 1 is 0.853 bits per heavy atom. The predicted molar refractivity (Wildman–Crippen MR) is 143 cm³/mol. The van der Waals surface area contributed by atoms with E-state index >= 15 is 0 Å². The smallest absolute Gasteiger partial charge is 0.0991 e. The minimum atomic E-state index is -0.676. The van der Waals surface area contributed by atoms with Crippen molar-refractivity contribution in [2.75, 3.05) is 0 Å². The van der Waals surface area contributed by atoms with Crippen LogP contribution in [0, 0.1) is 43.0 Å². The standard InChI is InChI=1S/C29H27IN4/c1-20(34-28(29(2,3)19-33)24-11-7-22(17-31)8-12-24)27(16-21-9-13-26(30)14-10-21)25-6-4-5-23(15-25)18-32/h4-15,20,27-28,34H,16H2,1-3H3/t20-,27+,28?/m0/s1. The largest absolute Gasteiger partial charge is 0.305 e. The summed E-state index contributed by atoms with van der Waals surface area (Å²) in [6, 6.07) is 30.3. The van der Waals surface area contributed by atoms with E-state index in [0.717, 1.165) is 17.5 Å². The van der Waals surface area contributed by atoms with Gasteiger partial charge in [0.1, 0.15) is 0 Å². The first kappa shape index (κ1) is 25.4. The topological polar surface area (TPSA) is 83.4 Å². The highest BCUT2D eigenvalue weighted by Crippen LogP contribution is 2.36. The molecule has 34 heavy (non-hydrogen) atoms.